The van der Waals surface area contributed by atoms with E-state index in [2.05, 4.69) is 35.8 Å². The summed E-state index contributed by atoms with van der Waals surface area (Å²) < 4.78 is 0. The van der Waals surface area contributed by atoms with E-state index >= 15 is 0 Å². The van der Waals surface area contributed by atoms with E-state index in [0.29, 0.717) is 0 Å². The zero-order valence-electron chi connectivity index (χ0n) is 11.9. The highest BCUT2D eigenvalue weighted by Gasteiger charge is 2.19. The molecule has 102 valence electrons. The van der Waals surface area contributed by atoms with Gasteiger partial charge in [-0.15, -0.1) is 0 Å². The Morgan fingerprint density at radius 1 is 1.28 bits per heavy atom. The summed E-state index contributed by atoms with van der Waals surface area (Å²) in [6.07, 6.45) is 5.86. The van der Waals surface area contributed by atoms with E-state index in [1.54, 1.807) is 0 Å². The second-order valence-corrected chi connectivity index (χ2v) is 4.97. The Labute approximate surface area is 110 Å². The van der Waals surface area contributed by atoms with Gasteiger partial charge in [-0.1, -0.05) is 19.0 Å². The molecule has 0 aromatic carbocycles. The molecular weight excluding hydrogens is 226 g/mol. The summed E-state index contributed by atoms with van der Waals surface area (Å²) in [5.41, 5.74) is 2.53. The summed E-state index contributed by atoms with van der Waals surface area (Å²) in [5, 5.41) is 3.14. The van der Waals surface area contributed by atoms with Gasteiger partial charge >= 0.3 is 0 Å². The van der Waals surface area contributed by atoms with Crippen molar-refractivity contribution in [3.63, 3.8) is 0 Å². The summed E-state index contributed by atoms with van der Waals surface area (Å²) in [6, 6.07) is 0.0377. The normalized spacial score (nSPS) is 20.2. The maximum Gasteiger partial charge on any atom is 0.0944 e. The average Bonchev–Trinajstić information content (AvgIpc) is 2.43. The zero-order valence-corrected chi connectivity index (χ0v) is 11.9. The topological polar surface area (TPSA) is 45.0 Å². The molecule has 0 atom stereocenters. The van der Waals surface area contributed by atoms with Gasteiger partial charge in [-0.3, -0.25) is 9.89 Å². The molecule has 0 amide bonds. The summed E-state index contributed by atoms with van der Waals surface area (Å²) in [4.78, 5) is 17.3. The van der Waals surface area contributed by atoms with E-state index in [1.807, 2.05) is 6.20 Å². The van der Waals surface area contributed by atoms with Gasteiger partial charge in [-0.2, -0.15) is 4.91 Å². The number of hydrogen-bond donors (Lipinski definition) is 0. The van der Waals surface area contributed by atoms with Crippen molar-refractivity contribution in [2.24, 2.45) is 10.2 Å². The maximum atomic E-state index is 10.5. The molecule has 0 unspecified atom stereocenters. The second-order valence-electron chi connectivity index (χ2n) is 4.97. The molecule has 1 saturated heterocycles. The highest BCUT2D eigenvalue weighted by atomic mass is 16.3. The number of nitroso groups, excluding NO2 is 1. The van der Waals surface area contributed by atoms with Crippen LogP contribution in [-0.2, 0) is 0 Å². The van der Waals surface area contributed by atoms with Gasteiger partial charge in [-0.05, 0) is 38.2 Å². The van der Waals surface area contributed by atoms with Gasteiger partial charge in [0.25, 0.3) is 0 Å². The molecular formula is C14H25N3O. The molecule has 0 saturated carbocycles. The molecule has 0 radical (unpaired) electrons. The van der Waals surface area contributed by atoms with Gasteiger partial charge in [0.2, 0.25) is 0 Å². The fraction of sp³-hybridized carbons (Fsp3) is 0.786. The van der Waals surface area contributed by atoms with Crippen LogP contribution in [0.4, 0.5) is 0 Å². The van der Waals surface area contributed by atoms with Crippen LogP contribution in [0.1, 0.15) is 46.5 Å². The number of rotatable bonds is 6. The highest BCUT2D eigenvalue weighted by Crippen LogP contribution is 2.15. The maximum absolute atomic E-state index is 10.5. The molecule has 1 heterocycles. The van der Waals surface area contributed by atoms with Crippen LogP contribution in [0, 0.1) is 4.91 Å². The lowest BCUT2D eigenvalue weighted by atomic mass is 10.1. The third kappa shape index (κ3) is 5.08. The van der Waals surface area contributed by atoms with Gasteiger partial charge < -0.3 is 0 Å². The smallest absolute Gasteiger partial charge is 0.0944 e. The molecule has 1 rings (SSSR count). The molecule has 18 heavy (non-hydrogen) atoms. The van der Waals surface area contributed by atoms with E-state index in [1.165, 1.54) is 11.3 Å². The standard InChI is InChI=1S/C14H25N3O/c1-4-12(3)15-10-13(5-2)11-17-8-6-14(16-18)7-9-17/h10,14H,4-9,11H2,1-3H3/b13-10+,15-12?. The molecule has 0 bridgehead atoms. The van der Waals surface area contributed by atoms with E-state index in [9.17, 15) is 4.91 Å². The monoisotopic (exact) mass is 251 g/mol. The number of hydrogen-bond acceptors (Lipinski definition) is 4. The second kappa shape index (κ2) is 8.14. The van der Waals surface area contributed by atoms with E-state index in [-0.39, 0.29) is 6.04 Å². The lowest BCUT2D eigenvalue weighted by molar-refractivity contribution is 0.228. The van der Waals surface area contributed by atoms with Gasteiger partial charge in [0, 0.05) is 31.5 Å². The summed E-state index contributed by atoms with van der Waals surface area (Å²) in [5.74, 6) is 0. The lowest BCUT2D eigenvalue weighted by Crippen LogP contribution is -2.36. The van der Waals surface area contributed by atoms with Gasteiger partial charge in [0.15, 0.2) is 0 Å². The van der Waals surface area contributed by atoms with Crippen molar-refractivity contribution in [1.29, 1.82) is 0 Å². The van der Waals surface area contributed by atoms with Crippen molar-refractivity contribution >= 4 is 5.71 Å². The van der Waals surface area contributed by atoms with Crippen molar-refractivity contribution < 1.29 is 0 Å². The van der Waals surface area contributed by atoms with E-state index in [4.69, 9.17) is 0 Å². The molecule has 0 aromatic heterocycles. The molecule has 0 aliphatic carbocycles. The first kappa shape index (κ1) is 15.0. The molecule has 1 fully saturated rings. The Kier molecular flexibility index (Phi) is 6.80. The number of likely N-dealkylation sites (tertiary alicyclic amines) is 1. The Bertz CT molecular complexity index is 315. The molecule has 1 aliphatic heterocycles. The van der Waals surface area contributed by atoms with Crippen LogP contribution in [0.5, 0.6) is 0 Å². The first-order valence-corrected chi connectivity index (χ1v) is 6.95. The number of nitrogens with zero attached hydrogens (tertiary/aromatic N) is 3. The zero-order chi connectivity index (χ0) is 13.4. The third-order valence-electron chi connectivity index (χ3n) is 3.57. The molecule has 1 aliphatic rings. The van der Waals surface area contributed by atoms with Crippen molar-refractivity contribution in [3.05, 3.63) is 16.7 Å². The minimum absolute atomic E-state index is 0.0377. The Balaban J connectivity index is 2.46. The predicted octanol–water partition coefficient (Wildman–Crippen LogP) is 3.38. The van der Waals surface area contributed by atoms with Crippen LogP contribution in [0.25, 0.3) is 0 Å². The Morgan fingerprint density at radius 2 is 1.94 bits per heavy atom. The highest BCUT2D eigenvalue weighted by molar-refractivity contribution is 5.82. The quantitative estimate of drug-likeness (QED) is 0.536. The van der Waals surface area contributed by atoms with Crippen LogP contribution in [-0.4, -0.2) is 36.3 Å². The van der Waals surface area contributed by atoms with Crippen molar-refractivity contribution in [3.8, 4) is 0 Å². The average molecular weight is 251 g/mol. The predicted molar refractivity (Wildman–Crippen MR) is 77.0 cm³/mol. The first-order valence-electron chi connectivity index (χ1n) is 6.95. The van der Waals surface area contributed by atoms with Gasteiger partial charge in [-0.25, -0.2) is 0 Å². The van der Waals surface area contributed by atoms with Crippen molar-refractivity contribution in [2.75, 3.05) is 19.6 Å². The first-order chi connectivity index (χ1) is 8.69. The fourth-order valence-electron chi connectivity index (χ4n) is 2.01. The van der Waals surface area contributed by atoms with Crippen molar-refractivity contribution in [1.82, 2.24) is 4.90 Å². The molecule has 0 spiro atoms. The van der Waals surface area contributed by atoms with Gasteiger partial charge in [0.1, 0.15) is 0 Å². The lowest BCUT2D eigenvalue weighted by Gasteiger charge is -2.29. The molecule has 0 N–H and O–H groups in total. The number of piperidine rings is 1. The Morgan fingerprint density at radius 3 is 2.44 bits per heavy atom. The van der Waals surface area contributed by atoms with Crippen LogP contribution < -0.4 is 0 Å². The number of aliphatic imine (C=N–C) groups is 1. The largest absolute Gasteiger partial charge is 0.299 e. The summed E-state index contributed by atoms with van der Waals surface area (Å²) in [6.45, 7) is 9.28. The molecule has 4 heteroatoms. The fourth-order valence-corrected chi connectivity index (χ4v) is 2.01. The van der Waals surface area contributed by atoms with E-state index < -0.39 is 0 Å². The van der Waals surface area contributed by atoms with Crippen LogP contribution in [0.15, 0.2) is 21.9 Å². The minimum Gasteiger partial charge on any atom is -0.299 e. The Hall–Kier alpha value is -1.03. The van der Waals surface area contributed by atoms with E-state index in [0.717, 1.165) is 45.3 Å². The van der Waals surface area contributed by atoms with Crippen LogP contribution in [0.3, 0.4) is 0 Å². The third-order valence-corrected chi connectivity index (χ3v) is 3.57. The minimum atomic E-state index is 0.0377. The molecule has 0 aromatic rings. The van der Waals surface area contributed by atoms with Crippen LogP contribution >= 0.6 is 0 Å². The summed E-state index contributed by atoms with van der Waals surface area (Å²) >= 11 is 0. The molecule has 4 nitrogen and oxygen atoms in total. The van der Waals surface area contributed by atoms with Crippen molar-refractivity contribution in [2.45, 2.75) is 52.5 Å². The van der Waals surface area contributed by atoms with Crippen LogP contribution in [0.2, 0.25) is 0 Å². The van der Waals surface area contributed by atoms with Gasteiger partial charge in [0.05, 0.1) is 6.04 Å². The summed E-state index contributed by atoms with van der Waals surface area (Å²) in [7, 11) is 0. The SMILES string of the molecule is CCC(C)=N/C=C(\CC)CN1CCC(N=O)CC1.